The molecule has 1 fully saturated rings. The fraction of sp³-hybridized carbons (Fsp3) is 0.259. The molecule has 3 aromatic carbocycles. The highest BCUT2D eigenvalue weighted by molar-refractivity contribution is 6.01. The van der Waals surface area contributed by atoms with Gasteiger partial charge in [0.05, 0.1) is 24.9 Å². The van der Waals surface area contributed by atoms with Crippen LogP contribution in [0, 0.1) is 18.6 Å². The first-order valence-electron chi connectivity index (χ1n) is 11.4. The van der Waals surface area contributed by atoms with E-state index in [2.05, 4.69) is 5.32 Å². The predicted octanol–water partition coefficient (Wildman–Crippen LogP) is 5.30. The molecule has 35 heavy (non-hydrogen) atoms. The smallest absolute Gasteiger partial charge is 0.324 e. The maximum atomic E-state index is 13.6. The van der Waals surface area contributed by atoms with Crippen molar-refractivity contribution >= 4 is 23.3 Å². The summed E-state index contributed by atoms with van der Waals surface area (Å²) in [4.78, 5) is 29.3. The van der Waals surface area contributed by atoms with Crippen LogP contribution < -0.4 is 15.0 Å². The minimum Gasteiger partial charge on any atom is -0.497 e. The Bertz CT molecular complexity index is 1230. The average Bonchev–Trinajstić information content (AvgIpc) is 2.84. The minimum absolute atomic E-state index is 0.164. The van der Waals surface area contributed by atoms with E-state index in [0.717, 1.165) is 23.3 Å². The van der Waals surface area contributed by atoms with Gasteiger partial charge in [-0.1, -0.05) is 24.3 Å². The van der Waals surface area contributed by atoms with Crippen LogP contribution >= 0.6 is 0 Å². The molecule has 0 spiro atoms. The molecule has 1 aliphatic rings. The van der Waals surface area contributed by atoms with E-state index in [1.165, 1.54) is 6.07 Å². The van der Waals surface area contributed by atoms with Crippen molar-refractivity contribution < 1.29 is 23.1 Å². The van der Waals surface area contributed by atoms with E-state index in [-0.39, 0.29) is 24.9 Å². The zero-order chi connectivity index (χ0) is 24.9. The number of anilines is 2. The lowest BCUT2D eigenvalue weighted by Crippen LogP contribution is -2.49. The number of amides is 3. The zero-order valence-electron chi connectivity index (χ0n) is 19.7. The molecule has 1 aliphatic heterocycles. The van der Waals surface area contributed by atoms with Gasteiger partial charge in [-0.25, -0.2) is 13.6 Å². The van der Waals surface area contributed by atoms with Gasteiger partial charge in [0, 0.05) is 19.6 Å². The van der Waals surface area contributed by atoms with Crippen molar-refractivity contribution in [3.63, 3.8) is 0 Å². The number of hydrogen-bond donors (Lipinski definition) is 1. The topological polar surface area (TPSA) is 61.9 Å². The van der Waals surface area contributed by atoms with Crippen LogP contribution in [0.15, 0.2) is 60.7 Å². The molecule has 3 aromatic rings. The number of rotatable bonds is 7. The third-order valence-corrected chi connectivity index (χ3v) is 5.91. The van der Waals surface area contributed by atoms with E-state index in [1.807, 2.05) is 37.3 Å². The van der Waals surface area contributed by atoms with Crippen molar-refractivity contribution in [1.29, 1.82) is 0 Å². The van der Waals surface area contributed by atoms with E-state index in [0.29, 0.717) is 42.2 Å². The number of benzene rings is 3. The summed E-state index contributed by atoms with van der Waals surface area (Å²) in [5.74, 6) is -1.35. The van der Waals surface area contributed by atoms with Crippen molar-refractivity contribution in [3.8, 4) is 5.75 Å². The van der Waals surface area contributed by atoms with E-state index in [9.17, 15) is 18.4 Å². The number of ether oxygens (including phenoxy) is 1. The van der Waals surface area contributed by atoms with Crippen LogP contribution in [0.3, 0.4) is 0 Å². The van der Waals surface area contributed by atoms with Crippen LogP contribution in [0.1, 0.15) is 23.1 Å². The van der Waals surface area contributed by atoms with Crippen LogP contribution in [0.5, 0.6) is 5.75 Å². The minimum atomic E-state index is -0.941. The summed E-state index contributed by atoms with van der Waals surface area (Å²) in [6, 6.07) is 16.2. The molecule has 1 heterocycles. The van der Waals surface area contributed by atoms with Crippen LogP contribution in [0.2, 0.25) is 0 Å². The number of halogens is 2. The van der Waals surface area contributed by atoms with E-state index in [1.54, 1.807) is 29.0 Å². The first-order valence-corrected chi connectivity index (χ1v) is 11.4. The van der Waals surface area contributed by atoms with Gasteiger partial charge in [-0.3, -0.25) is 9.69 Å². The third kappa shape index (κ3) is 5.77. The molecule has 0 radical (unpaired) electrons. The lowest BCUT2D eigenvalue weighted by atomic mass is 10.1. The molecule has 0 unspecified atom stereocenters. The van der Waals surface area contributed by atoms with Gasteiger partial charge in [0.2, 0.25) is 5.91 Å². The standard InChI is InChI=1S/C27H27F2N3O3/c1-18-4-11-25(24(14-18)30-26(33)16-19-5-8-21(35-2)9-6-19)32-13-3-12-31(27(32)34)17-20-7-10-22(28)23(29)15-20/h4-11,14-15H,3,12-13,16-17H2,1-2H3,(H,30,33). The van der Waals surface area contributed by atoms with E-state index in [4.69, 9.17) is 4.74 Å². The molecular weight excluding hydrogens is 452 g/mol. The summed E-state index contributed by atoms with van der Waals surface area (Å²) in [6.45, 7) is 3.06. The Morgan fingerprint density at radius 1 is 0.971 bits per heavy atom. The van der Waals surface area contributed by atoms with Gasteiger partial charge in [0.15, 0.2) is 11.6 Å². The van der Waals surface area contributed by atoms with Gasteiger partial charge in [-0.05, 0) is 66.4 Å². The predicted molar refractivity (Wildman–Crippen MR) is 131 cm³/mol. The van der Waals surface area contributed by atoms with E-state index < -0.39 is 11.6 Å². The van der Waals surface area contributed by atoms with Gasteiger partial charge in [-0.15, -0.1) is 0 Å². The molecule has 1 N–H and O–H groups in total. The number of hydrogen-bond acceptors (Lipinski definition) is 3. The highest BCUT2D eigenvalue weighted by Crippen LogP contribution is 2.30. The third-order valence-electron chi connectivity index (χ3n) is 5.91. The molecule has 4 rings (SSSR count). The Morgan fingerprint density at radius 2 is 1.71 bits per heavy atom. The summed E-state index contributed by atoms with van der Waals surface area (Å²) in [5, 5.41) is 2.95. The molecule has 6 nitrogen and oxygen atoms in total. The van der Waals surface area contributed by atoms with Gasteiger partial charge >= 0.3 is 6.03 Å². The number of carbonyl (C=O) groups excluding carboxylic acids is 2. The largest absolute Gasteiger partial charge is 0.497 e. The maximum absolute atomic E-state index is 13.6. The number of methoxy groups -OCH3 is 1. The second-order valence-electron chi connectivity index (χ2n) is 8.55. The Hall–Kier alpha value is -3.94. The summed E-state index contributed by atoms with van der Waals surface area (Å²) >= 11 is 0. The van der Waals surface area contributed by atoms with Gasteiger partial charge in [0.25, 0.3) is 0 Å². The highest BCUT2D eigenvalue weighted by Gasteiger charge is 2.29. The maximum Gasteiger partial charge on any atom is 0.324 e. The molecule has 0 aromatic heterocycles. The highest BCUT2D eigenvalue weighted by atomic mass is 19.2. The molecule has 1 saturated heterocycles. The normalized spacial score (nSPS) is 13.7. The van der Waals surface area contributed by atoms with Gasteiger partial charge < -0.3 is 15.0 Å². The zero-order valence-corrected chi connectivity index (χ0v) is 19.7. The molecule has 3 amide bonds. The number of urea groups is 1. The molecule has 0 aliphatic carbocycles. The van der Waals surface area contributed by atoms with Gasteiger partial charge in [0.1, 0.15) is 5.75 Å². The first-order chi connectivity index (χ1) is 16.8. The van der Waals surface area contributed by atoms with Crippen molar-refractivity contribution in [1.82, 2.24) is 4.90 Å². The Balaban J connectivity index is 1.51. The molecule has 182 valence electrons. The average molecular weight is 480 g/mol. The van der Waals surface area contributed by atoms with E-state index >= 15 is 0 Å². The number of nitrogens with one attached hydrogen (secondary N) is 1. The number of nitrogens with zero attached hydrogens (tertiary/aromatic N) is 2. The Labute approximate surface area is 203 Å². The first kappa shape index (κ1) is 24.2. The fourth-order valence-corrected chi connectivity index (χ4v) is 4.12. The molecule has 0 bridgehead atoms. The monoisotopic (exact) mass is 479 g/mol. The molecule has 0 saturated carbocycles. The Morgan fingerprint density at radius 3 is 2.43 bits per heavy atom. The van der Waals surface area contributed by atoms with Crippen molar-refractivity contribution in [2.24, 2.45) is 0 Å². The quantitative estimate of drug-likeness (QED) is 0.501. The second kappa shape index (κ2) is 10.5. The summed E-state index contributed by atoms with van der Waals surface area (Å²) in [5.41, 5.74) is 3.43. The van der Waals surface area contributed by atoms with Crippen LogP contribution in [0.4, 0.5) is 25.0 Å². The van der Waals surface area contributed by atoms with Crippen LogP contribution in [-0.4, -0.2) is 37.0 Å². The van der Waals surface area contributed by atoms with Crippen molar-refractivity contribution in [2.45, 2.75) is 26.3 Å². The summed E-state index contributed by atoms with van der Waals surface area (Å²) in [7, 11) is 1.59. The lowest BCUT2D eigenvalue weighted by Gasteiger charge is -2.36. The van der Waals surface area contributed by atoms with Crippen molar-refractivity contribution in [2.75, 3.05) is 30.4 Å². The molecule has 0 atom stereocenters. The summed E-state index contributed by atoms with van der Waals surface area (Å²) < 4.78 is 32.1. The number of aryl methyl sites for hydroxylation is 1. The fourth-order valence-electron chi connectivity index (χ4n) is 4.12. The lowest BCUT2D eigenvalue weighted by molar-refractivity contribution is -0.115. The molecular formula is C27H27F2N3O3. The SMILES string of the molecule is COc1ccc(CC(=O)Nc2cc(C)ccc2N2CCCN(Cc3ccc(F)c(F)c3)C2=O)cc1. The van der Waals surface area contributed by atoms with Crippen LogP contribution in [-0.2, 0) is 17.8 Å². The van der Waals surface area contributed by atoms with Crippen LogP contribution in [0.25, 0.3) is 0 Å². The second-order valence-corrected chi connectivity index (χ2v) is 8.55. The Kier molecular flexibility index (Phi) is 7.29. The van der Waals surface area contributed by atoms with Gasteiger partial charge in [-0.2, -0.15) is 0 Å². The van der Waals surface area contributed by atoms with Crippen molar-refractivity contribution in [3.05, 3.63) is 89.0 Å². The molecule has 8 heteroatoms. The number of carbonyl (C=O) groups is 2. The summed E-state index contributed by atoms with van der Waals surface area (Å²) in [6.07, 6.45) is 0.871.